The molecular weight excluding hydrogens is 360 g/mol. The fraction of sp³-hybridized carbons (Fsp3) is 0.160. The molecule has 0 amide bonds. The molecule has 0 spiro atoms. The van der Waals surface area contributed by atoms with Crippen LogP contribution in [-0.2, 0) is 7.05 Å². The second-order valence-electron chi connectivity index (χ2n) is 7.29. The van der Waals surface area contributed by atoms with Crippen molar-refractivity contribution < 1.29 is 4.57 Å². The normalized spacial score (nSPS) is 15.0. The number of hydrogen-bond donors (Lipinski definition) is 0. The third-order valence-corrected chi connectivity index (χ3v) is 6.83. The Hall–Kier alpha value is -2.78. The smallest absolute Gasteiger partial charge is 0.212 e. The Balaban J connectivity index is 1.67. The number of rotatable bonds is 2. The van der Waals surface area contributed by atoms with Crippen LogP contribution < -0.4 is 9.47 Å². The number of anilines is 1. The van der Waals surface area contributed by atoms with Gasteiger partial charge in [-0.1, -0.05) is 48.2 Å². The Morgan fingerprint density at radius 3 is 2.54 bits per heavy atom. The minimum absolute atomic E-state index is 0.959. The van der Waals surface area contributed by atoms with E-state index in [1.54, 1.807) is 0 Å². The minimum Gasteiger partial charge on any atom is -0.335 e. The summed E-state index contributed by atoms with van der Waals surface area (Å²) in [6.07, 6.45) is 2.32. The van der Waals surface area contributed by atoms with Crippen molar-refractivity contribution in [3.8, 4) is 0 Å². The highest BCUT2D eigenvalue weighted by atomic mass is 32.2. The van der Waals surface area contributed by atoms with Crippen molar-refractivity contribution in [2.45, 2.75) is 18.7 Å². The van der Waals surface area contributed by atoms with Gasteiger partial charge in [-0.25, -0.2) is 0 Å². The Kier molecular flexibility index (Phi) is 4.13. The Labute approximate surface area is 170 Å². The summed E-state index contributed by atoms with van der Waals surface area (Å²) >= 11 is 1.89. The molecule has 0 radical (unpaired) electrons. The first-order valence-electron chi connectivity index (χ1n) is 9.74. The molecule has 0 N–H and O–H groups in total. The van der Waals surface area contributed by atoms with Crippen LogP contribution >= 0.6 is 11.8 Å². The van der Waals surface area contributed by atoms with E-state index in [4.69, 9.17) is 0 Å². The van der Waals surface area contributed by atoms with Gasteiger partial charge in [0.15, 0.2) is 0 Å². The number of benzene rings is 3. The first-order chi connectivity index (χ1) is 13.7. The molecule has 0 unspecified atom stereocenters. The van der Waals surface area contributed by atoms with E-state index in [0.717, 1.165) is 6.54 Å². The number of pyridine rings is 1. The number of fused-ring (bicyclic) bond motifs is 4. The lowest BCUT2D eigenvalue weighted by molar-refractivity contribution is -0.646. The summed E-state index contributed by atoms with van der Waals surface area (Å²) < 4.78 is 2.28. The summed E-state index contributed by atoms with van der Waals surface area (Å²) in [5.41, 5.74) is 5.14. The SMILES string of the molecule is CCN1/C(=C\c2ccc3ccccc3[n+]2C)Sc2c1cc(C)c1ccccc21. The van der Waals surface area contributed by atoms with Gasteiger partial charge in [0, 0.05) is 35.0 Å². The number of nitrogens with zero attached hydrogens (tertiary/aromatic N) is 2. The zero-order valence-corrected chi connectivity index (χ0v) is 17.3. The van der Waals surface area contributed by atoms with Crippen LogP contribution in [-0.4, -0.2) is 6.54 Å². The molecule has 0 fully saturated rings. The molecule has 1 aromatic heterocycles. The summed E-state index contributed by atoms with van der Waals surface area (Å²) in [5, 5.41) is 5.26. The summed E-state index contributed by atoms with van der Waals surface area (Å²) in [4.78, 5) is 3.81. The Morgan fingerprint density at radius 1 is 0.964 bits per heavy atom. The molecule has 0 bridgehead atoms. The highest BCUT2D eigenvalue weighted by Crippen LogP contribution is 2.50. The molecule has 3 aromatic carbocycles. The van der Waals surface area contributed by atoms with Gasteiger partial charge in [0.05, 0.1) is 10.7 Å². The fourth-order valence-electron chi connectivity index (χ4n) is 4.16. The molecule has 0 saturated heterocycles. The molecule has 2 heterocycles. The van der Waals surface area contributed by atoms with Crippen LogP contribution in [0.2, 0.25) is 0 Å². The van der Waals surface area contributed by atoms with E-state index in [1.807, 2.05) is 11.8 Å². The molecule has 0 atom stereocenters. The number of para-hydroxylation sites is 1. The average molecular weight is 384 g/mol. The highest BCUT2D eigenvalue weighted by Gasteiger charge is 2.27. The second kappa shape index (κ2) is 6.68. The molecule has 138 valence electrons. The predicted molar refractivity (Wildman–Crippen MR) is 121 cm³/mol. The van der Waals surface area contributed by atoms with Crippen molar-refractivity contribution in [3.63, 3.8) is 0 Å². The average Bonchev–Trinajstić information content (AvgIpc) is 3.07. The van der Waals surface area contributed by atoms with Crippen LogP contribution in [0.5, 0.6) is 0 Å². The summed E-state index contributed by atoms with van der Waals surface area (Å²) in [7, 11) is 2.15. The molecule has 4 aromatic rings. The van der Waals surface area contributed by atoms with Gasteiger partial charge in [0.2, 0.25) is 11.2 Å². The second-order valence-corrected chi connectivity index (χ2v) is 8.32. The van der Waals surface area contributed by atoms with E-state index < -0.39 is 0 Å². The van der Waals surface area contributed by atoms with Gasteiger partial charge < -0.3 is 4.90 Å². The van der Waals surface area contributed by atoms with Crippen molar-refractivity contribution in [3.05, 3.63) is 83.0 Å². The third-order valence-electron chi connectivity index (χ3n) is 5.65. The van der Waals surface area contributed by atoms with Crippen LogP contribution in [0.1, 0.15) is 18.2 Å². The van der Waals surface area contributed by atoms with Crippen molar-refractivity contribution in [2.75, 3.05) is 11.4 Å². The molecule has 0 saturated carbocycles. The largest absolute Gasteiger partial charge is 0.335 e. The Morgan fingerprint density at radius 2 is 1.71 bits per heavy atom. The molecule has 3 heteroatoms. The number of hydrogen-bond acceptors (Lipinski definition) is 2. The maximum absolute atomic E-state index is 2.44. The highest BCUT2D eigenvalue weighted by molar-refractivity contribution is 8.04. The lowest BCUT2D eigenvalue weighted by Gasteiger charge is -2.18. The lowest BCUT2D eigenvalue weighted by Crippen LogP contribution is -2.33. The zero-order chi connectivity index (χ0) is 19.3. The van der Waals surface area contributed by atoms with E-state index in [1.165, 1.54) is 48.5 Å². The number of aryl methyl sites for hydroxylation is 2. The fourth-order valence-corrected chi connectivity index (χ4v) is 5.45. The van der Waals surface area contributed by atoms with Gasteiger partial charge in [-0.05, 0) is 48.4 Å². The van der Waals surface area contributed by atoms with Crippen LogP contribution in [0.25, 0.3) is 27.8 Å². The van der Waals surface area contributed by atoms with E-state index in [0.29, 0.717) is 0 Å². The van der Waals surface area contributed by atoms with Gasteiger partial charge in [-0.3, -0.25) is 0 Å². The summed E-state index contributed by atoms with van der Waals surface area (Å²) in [6, 6.07) is 24.1. The van der Waals surface area contributed by atoms with Crippen LogP contribution in [0.3, 0.4) is 0 Å². The van der Waals surface area contributed by atoms with Crippen molar-refractivity contribution in [1.82, 2.24) is 0 Å². The van der Waals surface area contributed by atoms with E-state index in [2.05, 4.69) is 103 Å². The van der Waals surface area contributed by atoms with E-state index in [9.17, 15) is 0 Å². The van der Waals surface area contributed by atoms with Gasteiger partial charge in [0.25, 0.3) is 0 Å². The van der Waals surface area contributed by atoms with Crippen molar-refractivity contribution in [2.24, 2.45) is 7.05 Å². The standard InChI is InChI=1S/C25H23N2S/c1-4-27-23-15-17(2)20-10-6-7-11-21(20)25(23)28-24(27)16-19-14-13-18-9-5-8-12-22(18)26(19)3/h5-16H,4H2,1-3H3/q+1. The summed E-state index contributed by atoms with van der Waals surface area (Å²) in [5.74, 6) is 0. The molecule has 28 heavy (non-hydrogen) atoms. The van der Waals surface area contributed by atoms with Crippen LogP contribution in [0, 0.1) is 6.92 Å². The van der Waals surface area contributed by atoms with Crippen molar-refractivity contribution in [1.29, 1.82) is 0 Å². The lowest BCUT2D eigenvalue weighted by atomic mass is 10.0. The molecule has 0 aliphatic carbocycles. The monoisotopic (exact) mass is 383 g/mol. The van der Waals surface area contributed by atoms with Gasteiger partial charge in [0.1, 0.15) is 7.05 Å². The third kappa shape index (κ3) is 2.61. The summed E-state index contributed by atoms with van der Waals surface area (Å²) in [6.45, 7) is 5.40. The number of thioether (sulfide) groups is 1. The first kappa shape index (κ1) is 17.3. The van der Waals surface area contributed by atoms with Gasteiger partial charge in [-0.2, -0.15) is 4.57 Å². The topological polar surface area (TPSA) is 7.12 Å². The Bertz CT molecular complexity index is 1260. The zero-order valence-electron chi connectivity index (χ0n) is 16.4. The molecule has 5 rings (SSSR count). The molecule has 1 aliphatic rings. The van der Waals surface area contributed by atoms with Gasteiger partial charge in [-0.15, -0.1) is 0 Å². The van der Waals surface area contributed by atoms with Crippen molar-refractivity contribution >= 4 is 45.2 Å². The van der Waals surface area contributed by atoms with E-state index >= 15 is 0 Å². The predicted octanol–water partition coefficient (Wildman–Crippen LogP) is 6.06. The minimum atomic E-state index is 0.959. The molecule has 2 nitrogen and oxygen atoms in total. The first-order valence-corrected chi connectivity index (χ1v) is 10.6. The number of aromatic nitrogens is 1. The maximum Gasteiger partial charge on any atom is 0.212 e. The van der Waals surface area contributed by atoms with Gasteiger partial charge >= 0.3 is 0 Å². The quantitative estimate of drug-likeness (QED) is 0.389. The molecule has 1 aliphatic heterocycles. The van der Waals surface area contributed by atoms with Crippen LogP contribution in [0.15, 0.2) is 76.7 Å². The van der Waals surface area contributed by atoms with Crippen LogP contribution in [0.4, 0.5) is 5.69 Å². The maximum atomic E-state index is 2.44. The molecular formula is C25H23N2S+. The van der Waals surface area contributed by atoms with E-state index in [-0.39, 0.29) is 0 Å².